The van der Waals surface area contributed by atoms with E-state index in [2.05, 4.69) is 25.2 Å². The standard InChI is InChI=1S/C21H35N3O2/c1-16-12-17(2)14-24(13-16)20(25)8-5-10-22-21(26)23-11-9-18-6-3-4-7-19(18)15-23/h7,16-18H,3-6,8-15H2,1-2H3,(H,22,26). The largest absolute Gasteiger partial charge is 0.342 e. The van der Waals surface area contributed by atoms with Crippen molar-refractivity contribution in [3.8, 4) is 0 Å². The van der Waals surface area contributed by atoms with Gasteiger partial charge in [-0.15, -0.1) is 0 Å². The summed E-state index contributed by atoms with van der Waals surface area (Å²) < 4.78 is 0. The minimum absolute atomic E-state index is 0.0302. The number of nitrogens with zero attached hydrogens (tertiary/aromatic N) is 2. The summed E-state index contributed by atoms with van der Waals surface area (Å²) in [5.74, 6) is 2.14. The summed E-state index contributed by atoms with van der Waals surface area (Å²) >= 11 is 0. The fourth-order valence-corrected chi connectivity index (χ4v) is 4.88. The molecule has 5 heteroatoms. The predicted octanol–water partition coefficient (Wildman–Crippen LogP) is 3.41. The van der Waals surface area contributed by atoms with Gasteiger partial charge in [-0.3, -0.25) is 4.79 Å². The Balaban J connectivity index is 1.35. The lowest BCUT2D eigenvalue weighted by Crippen LogP contribution is -2.46. The molecule has 0 aromatic rings. The molecule has 2 saturated heterocycles. The van der Waals surface area contributed by atoms with Gasteiger partial charge in [0, 0.05) is 39.1 Å². The second kappa shape index (κ2) is 8.92. The number of piperidine rings is 2. The average Bonchev–Trinajstić information content (AvgIpc) is 2.63. The van der Waals surface area contributed by atoms with Crippen molar-refractivity contribution in [3.63, 3.8) is 0 Å². The minimum atomic E-state index is 0.0302. The topological polar surface area (TPSA) is 52.7 Å². The van der Waals surface area contributed by atoms with E-state index in [1.54, 1.807) is 0 Å². The van der Waals surface area contributed by atoms with Crippen LogP contribution in [0.15, 0.2) is 11.6 Å². The molecule has 1 aliphatic carbocycles. The molecule has 146 valence electrons. The fourth-order valence-electron chi connectivity index (χ4n) is 4.88. The first-order valence-corrected chi connectivity index (χ1v) is 10.5. The normalized spacial score (nSPS) is 29.0. The molecule has 0 aromatic heterocycles. The third kappa shape index (κ3) is 5.01. The third-order valence-corrected chi connectivity index (χ3v) is 6.16. The Morgan fingerprint density at radius 3 is 2.69 bits per heavy atom. The lowest BCUT2D eigenvalue weighted by atomic mass is 9.82. The van der Waals surface area contributed by atoms with Crippen LogP contribution in [0.5, 0.6) is 0 Å². The molecule has 2 heterocycles. The number of allylic oxidation sites excluding steroid dienone is 1. The molecule has 26 heavy (non-hydrogen) atoms. The molecular formula is C21H35N3O2. The van der Waals surface area contributed by atoms with E-state index < -0.39 is 0 Å². The number of hydrogen-bond donors (Lipinski definition) is 1. The van der Waals surface area contributed by atoms with Gasteiger partial charge in [0.25, 0.3) is 0 Å². The van der Waals surface area contributed by atoms with Crippen LogP contribution in [-0.4, -0.2) is 54.5 Å². The van der Waals surface area contributed by atoms with Crippen LogP contribution in [0.4, 0.5) is 4.79 Å². The van der Waals surface area contributed by atoms with Crippen molar-refractivity contribution in [2.45, 2.75) is 58.8 Å². The highest BCUT2D eigenvalue weighted by atomic mass is 16.2. The molecule has 3 rings (SSSR count). The monoisotopic (exact) mass is 361 g/mol. The van der Waals surface area contributed by atoms with Gasteiger partial charge in [0.2, 0.25) is 5.91 Å². The van der Waals surface area contributed by atoms with Crippen LogP contribution in [0, 0.1) is 17.8 Å². The van der Waals surface area contributed by atoms with Crippen molar-refractivity contribution in [2.75, 3.05) is 32.7 Å². The number of amides is 3. The van der Waals surface area contributed by atoms with Crippen LogP contribution in [0.1, 0.15) is 58.8 Å². The molecule has 3 atom stereocenters. The van der Waals surface area contributed by atoms with Crippen LogP contribution in [-0.2, 0) is 4.79 Å². The Labute approximate surface area is 158 Å². The van der Waals surface area contributed by atoms with Gasteiger partial charge in [-0.2, -0.15) is 0 Å². The fraction of sp³-hybridized carbons (Fsp3) is 0.810. The number of urea groups is 1. The van der Waals surface area contributed by atoms with Crippen LogP contribution >= 0.6 is 0 Å². The summed E-state index contributed by atoms with van der Waals surface area (Å²) in [6, 6.07) is 0.0302. The molecule has 1 N–H and O–H groups in total. The van der Waals surface area contributed by atoms with Gasteiger partial charge in [-0.05, 0) is 56.3 Å². The lowest BCUT2D eigenvalue weighted by Gasteiger charge is -2.36. The zero-order valence-electron chi connectivity index (χ0n) is 16.5. The number of likely N-dealkylation sites (tertiary alicyclic amines) is 2. The highest BCUT2D eigenvalue weighted by Gasteiger charge is 2.28. The Kier molecular flexibility index (Phi) is 6.60. The van der Waals surface area contributed by atoms with Crippen LogP contribution in [0.2, 0.25) is 0 Å². The molecule has 3 aliphatic rings. The Hall–Kier alpha value is -1.52. The predicted molar refractivity (Wildman–Crippen MR) is 104 cm³/mol. The maximum atomic E-state index is 12.4. The number of fused-ring (bicyclic) bond motifs is 1. The van der Waals surface area contributed by atoms with E-state index in [1.165, 1.54) is 24.8 Å². The van der Waals surface area contributed by atoms with Crippen molar-refractivity contribution in [1.82, 2.24) is 15.1 Å². The number of nitrogens with one attached hydrogen (secondary N) is 1. The summed E-state index contributed by atoms with van der Waals surface area (Å²) in [5, 5.41) is 3.01. The van der Waals surface area contributed by atoms with E-state index in [4.69, 9.17) is 0 Å². The highest BCUT2D eigenvalue weighted by molar-refractivity contribution is 5.77. The van der Waals surface area contributed by atoms with Crippen molar-refractivity contribution in [1.29, 1.82) is 0 Å². The molecule has 2 aliphatic heterocycles. The van der Waals surface area contributed by atoms with Gasteiger partial charge in [0.05, 0.1) is 0 Å². The molecule has 3 amide bonds. The Bertz CT molecular complexity index is 535. The zero-order chi connectivity index (χ0) is 18.5. The number of carbonyl (C=O) groups is 2. The number of rotatable bonds is 4. The Morgan fingerprint density at radius 2 is 1.92 bits per heavy atom. The molecule has 0 bridgehead atoms. The minimum Gasteiger partial charge on any atom is -0.342 e. The van der Waals surface area contributed by atoms with E-state index in [-0.39, 0.29) is 11.9 Å². The van der Waals surface area contributed by atoms with Crippen molar-refractivity contribution < 1.29 is 9.59 Å². The summed E-state index contributed by atoms with van der Waals surface area (Å²) in [4.78, 5) is 28.7. The van der Waals surface area contributed by atoms with E-state index >= 15 is 0 Å². The maximum absolute atomic E-state index is 12.4. The second-order valence-corrected chi connectivity index (χ2v) is 8.70. The van der Waals surface area contributed by atoms with Gasteiger partial charge >= 0.3 is 6.03 Å². The first kappa shape index (κ1) is 19.2. The van der Waals surface area contributed by atoms with Gasteiger partial charge < -0.3 is 15.1 Å². The number of hydrogen-bond acceptors (Lipinski definition) is 2. The molecule has 0 saturated carbocycles. The molecule has 3 unspecified atom stereocenters. The zero-order valence-corrected chi connectivity index (χ0v) is 16.5. The molecular weight excluding hydrogens is 326 g/mol. The van der Waals surface area contributed by atoms with Gasteiger partial charge in [0.1, 0.15) is 0 Å². The maximum Gasteiger partial charge on any atom is 0.317 e. The quantitative estimate of drug-likeness (QED) is 0.616. The molecule has 0 spiro atoms. The summed E-state index contributed by atoms with van der Waals surface area (Å²) in [5.41, 5.74) is 1.46. The molecule has 0 radical (unpaired) electrons. The third-order valence-electron chi connectivity index (χ3n) is 6.16. The summed E-state index contributed by atoms with van der Waals surface area (Å²) in [6.45, 7) is 8.46. The SMILES string of the molecule is CC1CC(C)CN(C(=O)CCCNC(=O)N2CCC3CCCC=C3C2)C1. The van der Waals surface area contributed by atoms with Crippen molar-refractivity contribution >= 4 is 11.9 Å². The van der Waals surface area contributed by atoms with Crippen molar-refractivity contribution in [3.05, 3.63) is 11.6 Å². The average molecular weight is 362 g/mol. The Morgan fingerprint density at radius 1 is 1.15 bits per heavy atom. The molecule has 5 nitrogen and oxygen atoms in total. The van der Waals surface area contributed by atoms with Crippen molar-refractivity contribution in [2.24, 2.45) is 17.8 Å². The first-order valence-electron chi connectivity index (χ1n) is 10.5. The lowest BCUT2D eigenvalue weighted by molar-refractivity contribution is -0.133. The summed E-state index contributed by atoms with van der Waals surface area (Å²) in [7, 11) is 0. The second-order valence-electron chi connectivity index (χ2n) is 8.70. The van der Waals surface area contributed by atoms with Gasteiger partial charge in [0.15, 0.2) is 0 Å². The van der Waals surface area contributed by atoms with Gasteiger partial charge in [-0.1, -0.05) is 25.5 Å². The van der Waals surface area contributed by atoms with E-state index in [1.807, 2.05) is 9.80 Å². The molecule has 2 fully saturated rings. The highest BCUT2D eigenvalue weighted by Crippen LogP contribution is 2.31. The first-order chi connectivity index (χ1) is 12.5. The smallest absolute Gasteiger partial charge is 0.317 e. The van der Waals surface area contributed by atoms with E-state index in [0.29, 0.717) is 30.7 Å². The van der Waals surface area contributed by atoms with Crippen LogP contribution < -0.4 is 5.32 Å². The number of carbonyl (C=O) groups excluding carboxylic acids is 2. The van der Waals surface area contributed by atoms with E-state index in [0.717, 1.165) is 45.4 Å². The van der Waals surface area contributed by atoms with Crippen LogP contribution in [0.25, 0.3) is 0 Å². The molecule has 0 aromatic carbocycles. The van der Waals surface area contributed by atoms with Gasteiger partial charge in [-0.25, -0.2) is 4.79 Å². The summed E-state index contributed by atoms with van der Waals surface area (Å²) in [6.07, 6.45) is 9.66. The van der Waals surface area contributed by atoms with Crippen LogP contribution in [0.3, 0.4) is 0 Å². The van der Waals surface area contributed by atoms with E-state index in [9.17, 15) is 9.59 Å².